The Labute approximate surface area is 122 Å². The summed E-state index contributed by atoms with van der Waals surface area (Å²) in [5, 5.41) is 3.55. The van der Waals surface area contributed by atoms with Crippen LogP contribution in [0.5, 0.6) is 0 Å². The van der Waals surface area contributed by atoms with Crippen molar-refractivity contribution in [3.63, 3.8) is 0 Å². The summed E-state index contributed by atoms with van der Waals surface area (Å²) in [5.74, 6) is 1.21. The van der Waals surface area contributed by atoms with Crippen LogP contribution in [0.25, 0.3) is 11.0 Å². The predicted octanol–water partition coefficient (Wildman–Crippen LogP) is 3.77. The topological polar surface area (TPSA) is 29.9 Å². The average Bonchev–Trinajstić information content (AvgIpc) is 2.83. The number of aryl methyl sites for hydroxylation is 2. The molecule has 0 spiro atoms. The lowest BCUT2D eigenvalue weighted by Crippen LogP contribution is -2.26. The molecule has 1 heterocycles. The van der Waals surface area contributed by atoms with Crippen molar-refractivity contribution in [1.82, 2.24) is 14.9 Å². The largest absolute Gasteiger partial charge is 0.328 e. The van der Waals surface area contributed by atoms with Crippen molar-refractivity contribution in [3.8, 4) is 0 Å². The molecule has 0 fully saturated rings. The van der Waals surface area contributed by atoms with Gasteiger partial charge in [-0.2, -0.15) is 0 Å². The molecule has 1 unspecified atom stereocenters. The molecule has 0 saturated heterocycles. The van der Waals surface area contributed by atoms with E-state index in [-0.39, 0.29) is 0 Å². The Hall–Kier alpha value is -1.35. The Balaban J connectivity index is 1.98. The van der Waals surface area contributed by atoms with E-state index in [2.05, 4.69) is 54.9 Å². The third kappa shape index (κ3) is 3.60. The molecule has 20 heavy (non-hydrogen) atoms. The number of benzene rings is 1. The molecule has 0 amide bonds. The Morgan fingerprint density at radius 2 is 2.05 bits per heavy atom. The number of hydrogen-bond donors (Lipinski definition) is 1. The van der Waals surface area contributed by atoms with Gasteiger partial charge in [-0.15, -0.1) is 0 Å². The van der Waals surface area contributed by atoms with Crippen LogP contribution < -0.4 is 5.32 Å². The van der Waals surface area contributed by atoms with Gasteiger partial charge in [0, 0.05) is 19.0 Å². The van der Waals surface area contributed by atoms with Crippen molar-refractivity contribution in [3.05, 3.63) is 30.1 Å². The number of fused-ring (bicyclic) bond motifs is 1. The molecule has 2 aromatic rings. The van der Waals surface area contributed by atoms with Gasteiger partial charge in [-0.25, -0.2) is 4.98 Å². The molecule has 3 heteroatoms. The fraction of sp³-hybridized carbons (Fsp3) is 0.588. The molecule has 1 aromatic carbocycles. The van der Waals surface area contributed by atoms with E-state index >= 15 is 0 Å². The molecule has 1 N–H and O–H groups in total. The van der Waals surface area contributed by atoms with Gasteiger partial charge in [0.05, 0.1) is 11.0 Å². The Kier molecular flexibility index (Phi) is 5.60. The van der Waals surface area contributed by atoms with Crippen LogP contribution in [0.15, 0.2) is 24.3 Å². The quantitative estimate of drug-likeness (QED) is 0.793. The van der Waals surface area contributed by atoms with Crippen molar-refractivity contribution >= 4 is 11.0 Å². The zero-order valence-corrected chi connectivity index (χ0v) is 13.0. The number of nitrogens with one attached hydrogen (secondary N) is 1. The number of para-hydroxylation sites is 2. The highest BCUT2D eigenvalue weighted by atomic mass is 15.1. The lowest BCUT2D eigenvalue weighted by Gasteiger charge is -2.14. The summed E-state index contributed by atoms with van der Waals surface area (Å²) in [7, 11) is 0. The van der Waals surface area contributed by atoms with Gasteiger partial charge in [0.25, 0.3) is 0 Å². The van der Waals surface area contributed by atoms with E-state index in [0.717, 1.165) is 25.0 Å². The van der Waals surface area contributed by atoms with Crippen molar-refractivity contribution in [1.29, 1.82) is 0 Å². The smallest absolute Gasteiger partial charge is 0.109 e. The minimum Gasteiger partial charge on any atom is -0.328 e. The van der Waals surface area contributed by atoms with Gasteiger partial charge in [0.15, 0.2) is 0 Å². The van der Waals surface area contributed by atoms with Crippen LogP contribution in [0.1, 0.15) is 45.9 Å². The van der Waals surface area contributed by atoms with E-state index in [4.69, 9.17) is 4.98 Å². The molecule has 0 aliphatic rings. The van der Waals surface area contributed by atoms with E-state index in [0.29, 0.717) is 6.04 Å². The van der Waals surface area contributed by atoms with Crippen LogP contribution >= 0.6 is 0 Å². The SMILES string of the molecule is CCCNC(C)CCCn1c(CC)nc2ccccc21. The zero-order valence-electron chi connectivity index (χ0n) is 13.0. The van der Waals surface area contributed by atoms with Gasteiger partial charge in [-0.1, -0.05) is 26.0 Å². The summed E-state index contributed by atoms with van der Waals surface area (Å²) in [4.78, 5) is 4.73. The highest BCUT2D eigenvalue weighted by Gasteiger charge is 2.09. The summed E-state index contributed by atoms with van der Waals surface area (Å²) < 4.78 is 2.39. The van der Waals surface area contributed by atoms with Gasteiger partial charge in [0.2, 0.25) is 0 Å². The molecule has 3 nitrogen and oxygen atoms in total. The fourth-order valence-electron chi connectivity index (χ4n) is 2.69. The predicted molar refractivity (Wildman–Crippen MR) is 86.1 cm³/mol. The number of aromatic nitrogens is 2. The maximum absolute atomic E-state index is 4.73. The van der Waals surface area contributed by atoms with Crippen LogP contribution in [0, 0.1) is 0 Å². The third-order valence-corrected chi connectivity index (χ3v) is 3.81. The second-order valence-corrected chi connectivity index (χ2v) is 5.52. The lowest BCUT2D eigenvalue weighted by molar-refractivity contribution is 0.475. The number of nitrogens with zero attached hydrogens (tertiary/aromatic N) is 2. The highest BCUT2D eigenvalue weighted by Crippen LogP contribution is 2.17. The highest BCUT2D eigenvalue weighted by molar-refractivity contribution is 5.75. The van der Waals surface area contributed by atoms with Gasteiger partial charge >= 0.3 is 0 Å². The van der Waals surface area contributed by atoms with E-state index in [1.165, 1.54) is 30.6 Å². The van der Waals surface area contributed by atoms with Crippen LogP contribution in [-0.2, 0) is 13.0 Å². The van der Waals surface area contributed by atoms with Crippen LogP contribution in [0.3, 0.4) is 0 Å². The Bertz CT molecular complexity index is 530. The Morgan fingerprint density at radius 1 is 1.25 bits per heavy atom. The number of rotatable bonds is 8. The average molecular weight is 273 g/mol. The lowest BCUT2D eigenvalue weighted by atomic mass is 10.1. The summed E-state index contributed by atoms with van der Waals surface area (Å²) in [6, 6.07) is 9.06. The standard InChI is InChI=1S/C17H27N3/c1-4-12-18-14(3)9-8-13-20-16-11-7-6-10-15(16)19-17(20)5-2/h6-7,10-11,14,18H,4-5,8-9,12-13H2,1-3H3. The first kappa shape index (κ1) is 15.0. The molecule has 0 aliphatic heterocycles. The first-order valence-corrected chi connectivity index (χ1v) is 7.93. The molecule has 0 radical (unpaired) electrons. The van der Waals surface area contributed by atoms with Gasteiger partial charge < -0.3 is 9.88 Å². The number of hydrogen-bond acceptors (Lipinski definition) is 2. The molecule has 110 valence electrons. The van der Waals surface area contributed by atoms with E-state index in [9.17, 15) is 0 Å². The van der Waals surface area contributed by atoms with Crippen molar-refractivity contribution in [2.24, 2.45) is 0 Å². The van der Waals surface area contributed by atoms with Gasteiger partial charge in [-0.3, -0.25) is 0 Å². The summed E-state index contributed by atoms with van der Waals surface area (Å²) in [5.41, 5.74) is 2.40. The zero-order chi connectivity index (χ0) is 14.4. The second-order valence-electron chi connectivity index (χ2n) is 5.52. The normalized spacial score (nSPS) is 12.9. The molecular weight excluding hydrogens is 246 g/mol. The molecule has 1 aromatic heterocycles. The Morgan fingerprint density at radius 3 is 2.80 bits per heavy atom. The second kappa shape index (κ2) is 7.44. The molecule has 2 rings (SSSR count). The number of imidazole rings is 1. The fourth-order valence-corrected chi connectivity index (χ4v) is 2.69. The maximum Gasteiger partial charge on any atom is 0.109 e. The minimum absolute atomic E-state index is 0.606. The van der Waals surface area contributed by atoms with E-state index < -0.39 is 0 Å². The summed E-state index contributed by atoms with van der Waals surface area (Å²) in [6.07, 6.45) is 4.62. The molecule has 1 atom stereocenters. The molecule has 0 aliphatic carbocycles. The first-order chi connectivity index (χ1) is 9.76. The van der Waals surface area contributed by atoms with Crippen molar-refractivity contribution in [2.75, 3.05) is 6.54 Å². The van der Waals surface area contributed by atoms with E-state index in [1.54, 1.807) is 0 Å². The van der Waals surface area contributed by atoms with Crippen molar-refractivity contribution in [2.45, 2.75) is 59.0 Å². The first-order valence-electron chi connectivity index (χ1n) is 7.93. The van der Waals surface area contributed by atoms with Crippen LogP contribution in [-0.4, -0.2) is 22.1 Å². The maximum atomic E-state index is 4.73. The monoisotopic (exact) mass is 273 g/mol. The van der Waals surface area contributed by atoms with Gasteiger partial charge in [-0.05, 0) is 44.9 Å². The third-order valence-electron chi connectivity index (χ3n) is 3.81. The van der Waals surface area contributed by atoms with Crippen LogP contribution in [0.2, 0.25) is 0 Å². The molecule has 0 bridgehead atoms. The minimum atomic E-state index is 0.606. The van der Waals surface area contributed by atoms with Gasteiger partial charge in [0.1, 0.15) is 5.82 Å². The van der Waals surface area contributed by atoms with Crippen molar-refractivity contribution < 1.29 is 0 Å². The summed E-state index contributed by atoms with van der Waals surface area (Å²) in [6.45, 7) is 8.87. The summed E-state index contributed by atoms with van der Waals surface area (Å²) >= 11 is 0. The van der Waals surface area contributed by atoms with Crippen LogP contribution in [0.4, 0.5) is 0 Å². The molecular formula is C17H27N3. The van der Waals surface area contributed by atoms with E-state index in [1.807, 2.05) is 0 Å². The molecule has 0 saturated carbocycles.